The first kappa shape index (κ1) is 16.5. The fourth-order valence-corrected chi connectivity index (χ4v) is 2.52. The van der Waals surface area contributed by atoms with Crippen molar-refractivity contribution in [3.05, 3.63) is 34.4 Å². The molecule has 0 aliphatic heterocycles. The number of nitrogens with one attached hydrogen (secondary N) is 1. The van der Waals surface area contributed by atoms with E-state index in [0.717, 1.165) is 18.2 Å². The maximum Gasteiger partial charge on any atom is 0.397 e. The van der Waals surface area contributed by atoms with Gasteiger partial charge in [-0.3, -0.25) is 14.7 Å². The van der Waals surface area contributed by atoms with Crippen LogP contribution >= 0.6 is 0 Å². The summed E-state index contributed by atoms with van der Waals surface area (Å²) in [6.45, 7) is -1.06. The Morgan fingerprint density at radius 2 is 1.95 bits per heavy atom. The molecule has 0 bridgehead atoms. The van der Waals surface area contributed by atoms with Crippen molar-refractivity contribution in [2.24, 2.45) is 0 Å². The lowest BCUT2D eigenvalue weighted by molar-refractivity contribution is -0.385. The molecule has 0 aliphatic rings. The number of hydrogen-bond acceptors (Lipinski definition) is 7. The molecule has 2 N–H and O–H groups in total. The predicted molar refractivity (Wildman–Crippen MR) is 65.8 cm³/mol. The van der Waals surface area contributed by atoms with Crippen molar-refractivity contribution in [3.63, 3.8) is 0 Å². The van der Waals surface area contributed by atoms with Gasteiger partial charge in [-0.05, 0) is 6.07 Å². The van der Waals surface area contributed by atoms with Gasteiger partial charge in [0.2, 0.25) is 10.0 Å². The van der Waals surface area contributed by atoms with Crippen LogP contribution in [0.25, 0.3) is 0 Å². The van der Waals surface area contributed by atoms with Gasteiger partial charge in [-0.1, -0.05) is 6.07 Å². The summed E-state index contributed by atoms with van der Waals surface area (Å²) in [5, 5.41) is 10.5. The Kier molecular flexibility index (Phi) is 5.13. The molecule has 0 atom stereocenters. The molecule has 0 saturated heterocycles. The van der Waals surface area contributed by atoms with Crippen molar-refractivity contribution in [2.75, 3.05) is 13.2 Å². The van der Waals surface area contributed by atoms with Crippen molar-refractivity contribution in [1.29, 1.82) is 0 Å². The Balaban J connectivity index is 2.74. The lowest BCUT2D eigenvalue weighted by atomic mass is 10.3. The van der Waals surface area contributed by atoms with Crippen molar-refractivity contribution in [3.8, 4) is 0 Å². The Hall–Kier alpha value is -1.60. The number of rotatable bonds is 7. The molecule has 0 aliphatic carbocycles. The highest BCUT2D eigenvalue weighted by Crippen LogP contribution is 2.16. The summed E-state index contributed by atoms with van der Waals surface area (Å²) in [5.41, 5.74) is -0.401. The number of nitro benzene ring substituents is 1. The number of benzene rings is 1. The van der Waals surface area contributed by atoms with E-state index in [1.54, 1.807) is 0 Å². The van der Waals surface area contributed by atoms with Gasteiger partial charge in [0.05, 0.1) is 16.4 Å². The lowest BCUT2D eigenvalue weighted by Crippen LogP contribution is -2.28. The van der Waals surface area contributed by atoms with Gasteiger partial charge in [0.25, 0.3) is 5.69 Å². The molecule has 0 saturated carbocycles. The van der Waals surface area contributed by atoms with Gasteiger partial charge in [0.15, 0.2) is 0 Å². The molecule has 0 spiro atoms. The third kappa shape index (κ3) is 5.18. The van der Waals surface area contributed by atoms with Gasteiger partial charge in [0, 0.05) is 18.7 Å². The van der Waals surface area contributed by atoms with E-state index in [1.807, 2.05) is 4.72 Å². The molecule has 0 amide bonds. The van der Waals surface area contributed by atoms with E-state index >= 15 is 0 Å². The smallest absolute Gasteiger partial charge is 0.264 e. The largest absolute Gasteiger partial charge is 0.397 e. The van der Waals surface area contributed by atoms with Crippen molar-refractivity contribution >= 4 is 26.1 Å². The zero-order chi connectivity index (χ0) is 15.4. The molecule has 112 valence electrons. The Morgan fingerprint density at radius 3 is 2.50 bits per heavy atom. The third-order valence-electron chi connectivity index (χ3n) is 1.97. The van der Waals surface area contributed by atoms with Crippen LogP contribution in [-0.4, -0.2) is 39.5 Å². The molecule has 0 unspecified atom stereocenters. The SMILES string of the molecule is O=[N+]([O-])c1cccc(S(=O)(=O)NCCOS(=O)(=O)O)c1. The van der Waals surface area contributed by atoms with Gasteiger partial charge < -0.3 is 0 Å². The standard InChI is InChI=1S/C8H10N2O8S2/c11-10(12)7-2-1-3-8(6-7)19(13,14)9-4-5-18-20(15,16)17/h1-3,6,9H,4-5H2,(H,15,16,17). The first-order chi connectivity index (χ1) is 9.12. The molecule has 12 heteroatoms. The van der Waals surface area contributed by atoms with Crippen LogP contribution in [-0.2, 0) is 24.6 Å². The number of sulfonamides is 1. The summed E-state index contributed by atoms with van der Waals surface area (Å²) in [6.07, 6.45) is 0. The van der Waals surface area contributed by atoms with Gasteiger partial charge in [-0.15, -0.1) is 0 Å². The Bertz CT molecular complexity index is 697. The van der Waals surface area contributed by atoms with Crippen LogP contribution in [0.2, 0.25) is 0 Å². The molecule has 1 aromatic rings. The Morgan fingerprint density at radius 1 is 1.30 bits per heavy atom. The van der Waals surface area contributed by atoms with Gasteiger partial charge >= 0.3 is 10.4 Å². The van der Waals surface area contributed by atoms with Crippen LogP contribution in [0, 0.1) is 10.1 Å². The minimum Gasteiger partial charge on any atom is -0.264 e. The highest BCUT2D eigenvalue weighted by molar-refractivity contribution is 7.89. The molecule has 0 aromatic heterocycles. The van der Waals surface area contributed by atoms with Crippen LogP contribution < -0.4 is 4.72 Å². The van der Waals surface area contributed by atoms with Crippen LogP contribution in [0.1, 0.15) is 0 Å². The second-order valence-corrected chi connectivity index (χ2v) is 6.26. The highest BCUT2D eigenvalue weighted by atomic mass is 32.3. The number of nitrogens with zero attached hydrogens (tertiary/aromatic N) is 1. The topological polar surface area (TPSA) is 153 Å². The highest BCUT2D eigenvalue weighted by Gasteiger charge is 2.17. The van der Waals surface area contributed by atoms with E-state index in [2.05, 4.69) is 4.18 Å². The summed E-state index contributed by atoms with van der Waals surface area (Å²) in [4.78, 5) is 9.43. The van der Waals surface area contributed by atoms with E-state index in [9.17, 15) is 26.9 Å². The quantitative estimate of drug-likeness (QED) is 0.299. The second-order valence-electron chi connectivity index (χ2n) is 3.40. The van der Waals surface area contributed by atoms with Gasteiger partial charge in [-0.25, -0.2) is 17.3 Å². The van der Waals surface area contributed by atoms with Crippen LogP contribution in [0.15, 0.2) is 29.2 Å². The van der Waals surface area contributed by atoms with E-state index in [1.165, 1.54) is 6.07 Å². The van der Waals surface area contributed by atoms with Crippen molar-refractivity contribution in [1.82, 2.24) is 4.72 Å². The van der Waals surface area contributed by atoms with Gasteiger partial charge in [0.1, 0.15) is 0 Å². The summed E-state index contributed by atoms with van der Waals surface area (Å²) in [7, 11) is -8.69. The van der Waals surface area contributed by atoms with Crippen LogP contribution in [0.3, 0.4) is 0 Å². The molecule has 10 nitrogen and oxygen atoms in total. The first-order valence-electron chi connectivity index (χ1n) is 4.98. The Labute approximate surface area is 114 Å². The zero-order valence-corrected chi connectivity index (χ0v) is 11.4. The van der Waals surface area contributed by atoms with Gasteiger partial charge in [-0.2, -0.15) is 8.42 Å². The normalized spacial score (nSPS) is 12.2. The van der Waals surface area contributed by atoms with Crippen molar-refractivity contribution in [2.45, 2.75) is 4.90 Å². The van der Waals surface area contributed by atoms with E-state index in [4.69, 9.17) is 4.55 Å². The molecule has 0 heterocycles. The molecule has 0 radical (unpaired) electrons. The lowest BCUT2D eigenvalue weighted by Gasteiger charge is -2.06. The van der Waals surface area contributed by atoms with E-state index in [-0.39, 0.29) is 4.90 Å². The average molecular weight is 326 g/mol. The fourth-order valence-electron chi connectivity index (χ4n) is 1.17. The zero-order valence-electron chi connectivity index (χ0n) is 9.79. The van der Waals surface area contributed by atoms with Crippen LogP contribution in [0.4, 0.5) is 5.69 Å². The van der Waals surface area contributed by atoms with Crippen LogP contribution in [0.5, 0.6) is 0 Å². The minimum absolute atomic E-state index is 0.349. The molecule has 20 heavy (non-hydrogen) atoms. The maximum absolute atomic E-state index is 11.7. The summed E-state index contributed by atoms with van der Waals surface area (Å²) >= 11 is 0. The fraction of sp³-hybridized carbons (Fsp3) is 0.250. The first-order valence-corrected chi connectivity index (χ1v) is 7.82. The molecular formula is C8H10N2O8S2. The minimum atomic E-state index is -4.65. The summed E-state index contributed by atoms with van der Waals surface area (Å²) < 4.78 is 58.1. The van der Waals surface area contributed by atoms with E-state index in [0.29, 0.717) is 0 Å². The average Bonchev–Trinajstić information content (AvgIpc) is 2.34. The third-order valence-corrected chi connectivity index (χ3v) is 3.89. The molecule has 1 aromatic carbocycles. The maximum atomic E-state index is 11.7. The molecular weight excluding hydrogens is 316 g/mol. The number of hydrogen-bond donors (Lipinski definition) is 2. The van der Waals surface area contributed by atoms with E-state index < -0.39 is 44.2 Å². The molecule has 0 fully saturated rings. The number of nitro groups is 1. The monoisotopic (exact) mass is 326 g/mol. The van der Waals surface area contributed by atoms with Crippen molar-refractivity contribution < 1.29 is 30.5 Å². The predicted octanol–water partition coefficient (Wildman–Crippen LogP) is -0.307. The summed E-state index contributed by atoms with van der Waals surface area (Å²) in [5.74, 6) is 0. The molecule has 1 rings (SSSR count). The summed E-state index contributed by atoms with van der Waals surface area (Å²) in [6, 6.07) is 4.31. The number of non-ortho nitro benzene ring substituents is 1. The second kappa shape index (κ2) is 6.23.